The zero-order valence-corrected chi connectivity index (χ0v) is 15.1. The van der Waals surface area contributed by atoms with Crippen LogP contribution >= 0.6 is 11.5 Å². The molecule has 0 saturated carbocycles. The Hall–Kier alpha value is -1.60. The lowest BCUT2D eigenvalue weighted by atomic mass is 10.1. The highest BCUT2D eigenvalue weighted by molar-refractivity contribution is 7.05. The second-order valence-corrected chi connectivity index (χ2v) is 7.26. The summed E-state index contributed by atoms with van der Waals surface area (Å²) in [5, 5.41) is 4.28. The van der Waals surface area contributed by atoms with Crippen LogP contribution in [-0.4, -0.2) is 50.6 Å². The zero-order chi connectivity index (χ0) is 16.4. The van der Waals surface area contributed by atoms with Crippen molar-refractivity contribution < 1.29 is 0 Å². The molecule has 0 N–H and O–H groups in total. The quantitative estimate of drug-likeness (QED) is 0.857. The largest absolute Gasteiger partial charge is 0.353 e. The van der Waals surface area contributed by atoms with E-state index in [1.165, 1.54) is 16.4 Å². The van der Waals surface area contributed by atoms with Crippen LogP contribution in [0.2, 0.25) is 0 Å². The third-order valence-corrected chi connectivity index (χ3v) is 4.94. The predicted molar refractivity (Wildman–Crippen MR) is 93.0 cm³/mol. The highest BCUT2D eigenvalue weighted by atomic mass is 32.1. The van der Waals surface area contributed by atoms with Crippen LogP contribution in [0.4, 0.5) is 5.82 Å². The van der Waals surface area contributed by atoms with Gasteiger partial charge in [0.1, 0.15) is 5.82 Å². The van der Waals surface area contributed by atoms with Crippen LogP contribution in [0.15, 0.2) is 6.20 Å². The summed E-state index contributed by atoms with van der Waals surface area (Å²) in [5.41, 5.74) is 3.14. The van der Waals surface area contributed by atoms with E-state index in [0.29, 0.717) is 5.92 Å². The van der Waals surface area contributed by atoms with Gasteiger partial charge in [-0.1, -0.05) is 18.3 Å². The van der Waals surface area contributed by atoms with Crippen LogP contribution in [0, 0.1) is 13.8 Å². The van der Waals surface area contributed by atoms with Crippen LogP contribution in [0.5, 0.6) is 0 Å². The molecule has 23 heavy (non-hydrogen) atoms. The van der Waals surface area contributed by atoms with Gasteiger partial charge in [-0.15, -0.1) is 5.10 Å². The minimum atomic E-state index is 0.440. The van der Waals surface area contributed by atoms with E-state index in [9.17, 15) is 0 Å². The Morgan fingerprint density at radius 3 is 2.61 bits per heavy atom. The van der Waals surface area contributed by atoms with Gasteiger partial charge in [0.15, 0.2) is 0 Å². The molecule has 0 amide bonds. The fourth-order valence-electron chi connectivity index (χ4n) is 2.91. The third kappa shape index (κ3) is 3.67. The molecule has 3 heterocycles. The molecule has 1 aliphatic rings. The van der Waals surface area contributed by atoms with Crippen molar-refractivity contribution >= 4 is 17.4 Å². The summed E-state index contributed by atoms with van der Waals surface area (Å²) in [5.74, 6) is 1.47. The second kappa shape index (κ2) is 6.88. The summed E-state index contributed by atoms with van der Waals surface area (Å²) >= 11 is 1.53. The Morgan fingerprint density at radius 2 is 1.91 bits per heavy atom. The molecule has 2 aromatic heterocycles. The van der Waals surface area contributed by atoms with Gasteiger partial charge in [-0.25, -0.2) is 4.98 Å². The van der Waals surface area contributed by atoms with Crippen molar-refractivity contribution in [1.82, 2.24) is 24.5 Å². The molecule has 0 radical (unpaired) electrons. The molecule has 1 saturated heterocycles. The smallest absolute Gasteiger partial charge is 0.150 e. The lowest BCUT2D eigenvalue weighted by Crippen LogP contribution is -2.46. The average molecular weight is 332 g/mol. The topological polar surface area (TPSA) is 58.0 Å². The number of aromatic nitrogens is 4. The van der Waals surface area contributed by atoms with E-state index in [0.717, 1.165) is 55.6 Å². The predicted octanol–water partition coefficient (Wildman–Crippen LogP) is 2.39. The fraction of sp³-hybridized carbons (Fsp3) is 0.625. The van der Waals surface area contributed by atoms with Gasteiger partial charge in [0.2, 0.25) is 0 Å². The molecule has 7 heteroatoms. The fourth-order valence-corrected chi connectivity index (χ4v) is 3.75. The van der Waals surface area contributed by atoms with Crippen LogP contribution < -0.4 is 4.90 Å². The van der Waals surface area contributed by atoms with E-state index in [4.69, 9.17) is 0 Å². The molecule has 0 aliphatic carbocycles. The van der Waals surface area contributed by atoms with Gasteiger partial charge >= 0.3 is 0 Å². The maximum Gasteiger partial charge on any atom is 0.150 e. The van der Waals surface area contributed by atoms with Gasteiger partial charge in [0.05, 0.1) is 22.0 Å². The summed E-state index contributed by atoms with van der Waals surface area (Å²) < 4.78 is 4.13. The summed E-state index contributed by atoms with van der Waals surface area (Å²) in [7, 11) is 0. The summed E-state index contributed by atoms with van der Waals surface area (Å²) in [4.78, 5) is 15.2. The molecule has 0 aromatic carbocycles. The maximum atomic E-state index is 4.66. The number of anilines is 1. The Labute approximate surface area is 141 Å². The first kappa shape index (κ1) is 16.3. The Kier molecular flexibility index (Phi) is 4.87. The Bertz CT molecular complexity index is 660. The second-order valence-electron chi connectivity index (χ2n) is 6.42. The van der Waals surface area contributed by atoms with E-state index in [1.807, 2.05) is 20.0 Å². The van der Waals surface area contributed by atoms with E-state index in [-0.39, 0.29) is 0 Å². The van der Waals surface area contributed by atoms with Crippen molar-refractivity contribution in [2.45, 2.75) is 40.2 Å². The molecule has 1 fully saturated rings. The first-order valence-corrected chi connectivity index (χ1v) is 8.90. The molecule has 2 aromatic rings. The van der Waals surface area contributed by atoms with Crippen LogP contribution in [0.25, 0.3) is 0 Å². The van der Waals surface area contributed by atoms with Gasteiger partial charge in [0, 0.05) is 38.9 Å². The SMILES string of the molecule is Cc1cnc(C)c(N2CCN(Cc3snnc3C(C)C)CC2)n1. The van der Waals surface area contributed by atoms with Crippen molar-refractivity contribution in [1.29, 1.82) is 0 Å². The normalized spacial score (nSPS) is 16.3. The average Bonchev–Trinajstić information content (AvgIpc) is 2.99. The van der Waals surface area contributed by atoms with Crippen LogP contribution in [0.3, 0.4) is 0 Å². The highest BCUT2D eigenvalue weighted by Crippen LogP contribution is 2.23. The molecule has 3 rings (SSSR count). The summed E-state index contributed by atoms with van der Waals surface area (Å²) in [6.45, 7) is 13.4. The van der Waals surface area contributed by atoms with Gasteiger partial charge in [-0.2, -0.15) is 0 Å². The van der Waals surface area contributed by atoms with E-state index >= 15 is 0 Å². The molecular weight excluding hydrogens is 308 g/mol. The number of hydrogen-bond acceptors (Lipinski definition) is 7. The van der Waals surface area contributed by atoms with Crippen molar-refractivity contribution in [3.05, 3.63) is 28.2 Å². The van der Waals surface area contributed by atoms with Crippen LogP contribution in [0.1, 0.15) is 41.7 Å². The molecular formula is C16H24N6S. The number of aryl methyl sites for hydroxylation is 2. The Balaban J connectivity index is 1.62. The standard InChI is InChI=1S/C16H24N6S/c1-11(2)15-14(23-20-19-15)10-21-5-7-22(8-6-21)16-13(4)17-9-12(3)18-16/h9,11H,5-8,10H2,1-4H3. The molecule has 0 unspecified atom stereocenters. The van der Waals surface area contributed by atoms with E-state index in [1.54, 1.807) is 0 Å². The van der Waals surface area contributed by atoms with Crippen LogP contribution in [-0.2, 0) is 6.54 Å². The highest BCUT2D eigenvalue weighted by Gasteiger charge is 2.22. The minimum absolute atomic E-state index is 0.440. The van der Waals surface area contributed by atoms with Gasteiger partial charge in [-0.05, 0) is 31.3 Å². The lowest BCUT2D eigenvalue weighted by Gasteiger charge is -2.35. The van der Waals surface area contributed by atoms with Gasteiger partial charge in [-0.3, -0.25) is 9.88 Å². The van der Waals surface area contributed by atoms with E-state index in [2.05, 4.69) is 43.2 Å². The molecule has 124 valence electrons. The summed E-state index contributed by atoms with van der Waals surface area (Å²) in [6.07, 6.45) is 1.83. The van der Waals surface area contributed by atoms with E-state index < -0.39 is 0 Å². The molecule has 1 aliphatic heterocycles. The van der Waals surface area contributed by atoms with Crippen molar-refractivity contribution in [2.75, 3.05) is 31.1 Å². The van der Waals surface area contributed by atoms with Crippen molar-refractivity contribution in [2.24, 2.45) is 0 Å². The van der Waals surface area contributed by atoms with Crippen molar-refractivity contribution in [3.63, 3.8) is 0 Å². The van der Waals surface area contributed by atoms with Gasteiger partial charge < -0.3 is 4.90 Å². The lowest BCUT2D eigenvalue weighted by molar-refractivity contribution is 0.250. The maximum absolute atomic E-state index is 4.66. The molecule has 0 bridgehead atoms. The van der Waals surface area contributed by atoms with Crippen molar-refractivity contribution in [3.8, 4) is 0 Å². The van der Waals surface area contributed by atoms with Gasteiger partial charge in [0.25, 0.3) is 0 Å². The minimum Gasteiger partial charge on any atom is -0.353 e. The summed E-state index contributed by atoms with van der Waals surface area (Å²) in [6, 6.07) is 0. The Morgan fingerprint density at radius 1 is 1.17 bits per heavy atom. The third-order valence-electron chi connectivity index (χ3n) is 4.22. The molecule has 0 atom stereocenters. The monoisotopic (exact) mass is 332 g/mol. The molecule has 6 nitrogen and oxygen atoms in total. The number of hydrogen-bond donors (Lipinski definition) is 0. The first-order valence-electron chi connectivity index (χ1n) is 8.13. The number of piperazine rings is 1. The zero-order valence-electron chi connectivity index (χ0n) is 14.3. The first-order chi connectivity index (χ1) is 11.0. The number of nitrogens with zero attached hydrogens (tertiary/aromatic N) is 6. The number of rotatable bonds is 4. The molecule has 0 spiro atoms.